The van der Waals surface area contributed by atoms with Crippen LogP contribution in [0.1, 0.15) is 10.4 Å². The van der Waals surface area contributed by atoms with Crippen LogP contribution < -0.4 is 0 Å². The highest BCUT2D eigenvalue weighted by Gasteiger charge is 2.45. The number of carbonyl (C=O) groups is 1. The van der Waals surface area contributed by atoms with Crippen molar-refractivity contribution in [2.45, 2.75) is 30.7 Å². The standard InChI is InChI=1S/C13H15BrO6/c14-6-8-11(9(15)10(16)13(18)19-8)20-12(17)7-4-2-1-3-5-7/h1-5,8-11,13,15-16,18H,6H2. The first-order chi connectivity index (χ1) is 9.54. The molecule has 2 rings (SSSR count). The molecule has 5 unspecified atom stereocenters. The van der Waals surface area contributed by atoms with Gasteiger partial charge in [-0.1, -0.05) is 34.1 Å². The van der Waals surface area contributed by atoms with Crippen molar-refractivity contribution in [2.24, 2.45) is 0 Å². The molecular weight excluding hydrogens is 332 g/mol. The predicted molar refractivity (Wildman–Crippen MR) is 72.3 cm³/mol. The minimum absolute atomic E-state index is 0.237. The Balaban J connectivity index is 2.11. The van der Waals surface area contributed by atoms with Crippen LogP contribution in [-0.2, 0) is 9.47 Å². The van der Waals surface area contributed by atoms with Crippen LogP contribution in [0.2, 0.25) is 0 Å². The number of ether oxygens (including phenoxy) is 2. The lowest BCUT2D eigenvalue weighted by Gasteiger charge is -2.39. The van der Waals surface area contributed by atoms with Gasteiger partial charge in [0.1, 0.15) is 18.3 Å². The largest absolute Gasteiger partial charge is 0.453 e. The molecule has 1 heterocycles. The number of halogens is 1. The zero-order chi connectivity index (χ0) is 14.7. The number of rotatable bonds is 3. The van der Waals surface area contributed by atoms with Gasteiger partial charge < -0.3 is 24.8 Å². The van der Waals surface area contributed by atoms with Crippen LogP contribution in [0.25, 0.3) is 0 Å². The molecule has 0 spiro atoms. The lowest BCUT2D eigenvalue weighted by atomic mass is 9.99. The van der Waals surface area contributed by atoms with E-state index in [9.17, 15) is 20.1 Å². The second kappa shape index (κ2) is 6.64. The van der Waals surface area contributed by atoms with Gasteiger partial charge in [-0.2, -0.15) is 0 Å². The molecule has 1 aliphatic heterocycles. The predicted octanol–water partition coefficient (Wildman–Crippen LogP) is 0.0459. The van der Waals surface area contributed by atoms with Crippen LogP contribution in [-0.4, -0.2) is 57.3 Å². The molecule has 1 fully saturated rings. The summed E-state index contributed by atoms with van der Waals surface area (Å²) in [6.45, 7) is 0. The molecule has 0 aliphatic carbocycles. The van der Waals surface area contributed by atoms with Gasteiger partial charge in [-0.05, 0) is 12.1 Å². The van der Waals surface area contributed by atoms with Crippen LogP contribution in [0.4, 0.5) is 0 Å². The van der Waals surface area contributed by atoms with E-state index >= 15 is 0 Å². The molecule has 6 nitrogen and oxygen atoms in total. The summed E-state index contributed by atoms with van der Waals surface area (Å²) >= 11 is 3.15. The van der Waals surface area contributed by atoms with Gasteiger partial charge in [-0.15, -0.1) is 0 Å². The van der Waals surface area contributed by atoms with Gasteiger partial charge in [0.05, 0.1) is 5.56 Å². The average Bonchev–Trinajstić information content (AvgIpc) is 2.48. The van der Waals surface area contributed by atoms with Crippen LogP contribution >= 0.6 is 15.9 Å². The lowest BCUT2D eigenvalue weighted by Crippen LogP contribution is -2.59. The summed E-state index contributed by atoms with van der Waals surface area (Å²) in [4.78, 5) is 12.0. The lowest BCUT2D eigenvalue weighted by molar-refractivity contribution is -0.275. The minimum Gasteiger partial charge on any atom is -0.453 e. The summed E-state index contributed by atoms with van der Waals surface area (Å²) in [6.07, 6.45) is -6.29. The molecule has 0 radical (unpaired) electrons. The molecule has 1 aromatic rings. The second-order valence-corrected chi connectivity index (χ2v) is 5.08. The molecule has 1 saturated heterocycles. The van der Waals surface area contributed by atoms with E-state index in [1.54, 1.807) is 30.3 Å². The Morgan fingerprint density at radius 2 is 1.85 bits per heavy atom. The smallest absolute Gasteiger partial charge is 0.338 e. The first kappa shape index (κ1) is 15.4. The Bertz CT molecular complexity index is 451. The maximum absolute atomic E-state index is 12.0. The fourth-order valence-electron chi connectivity index (χ4n) is 1.96. The van der Waals surface area contributed by atoms with Crippen LogP contribution in [0, 0.1) is 0 Å². The third-order valence-corrected chi connectivity index (χ3v) is 3.70. The molecule has 0 saturated carbocycles. The van der Waals surface area contributed by atoms with E-state index < -0.39 is 36.7 Å². The molecule has 0 aromatic heterocycles. The van der Waals surface area contributed by atoms with Crippen molar-refractivity contribution in [3.63, 3.8) is 0 Å². The molecule has 110 valence electrons. The maximum atomic E-state index is 12.0. The summed E-state index contributed by atoms with van der Waals surface area (Å²) in [5.41, 5.74) is 0.327. The van der Waals surface area contributed by atoms with Crippen molar-refractivity contribution >= 4 is 21.9 Å². The molecule has 0 bridgehead atoms. The molecule has 1 aliphatic rings. The Morgan fingerprint density at radius 1 is 1.20 bits per heavy atom. The van der Waals surface area contributed by atoms with Gasteiger partial charge in [0.2, 0.25) is 0 Å². The Kier molecular flexibility index (Phi) is 5.11. The summed E-state index contributed by atoms with van der Waals surface area (Å²) in [5.74, 6) is -0.632. The van der Waals surface area contributed by atoms with Gasteiger partial charge in [0, 0.05) is 5.33 Å². The normalized spacial score (nSPS) is 33.7. The maximum Gasteiger partial charge on any atom is 0.338 e. The Hall–Kier alpha value is -0.990. The second-order valence-electron chi connectivity index (χ2n) is 4.44. The van der Waals surface area contributed by atoms with E-state index in [-0.39, 0.29) is 5.33 Å². The van der Waals surface area contributed by atoms with Crippen LogP contribution in [0.5, 0.6) is 0 Å². The van der Waals surface area contributed by atoms with E-state index in [0.717, 1.165) is 0 Å². The Labute approximate surface area is 124 Å². The van der Waals surface area contributed by atoms with Crippen LogP contribution in [0.15, 0.2) is 30.3 Å². The molecule has 20 heavy (non-hydrogen) atoms. The number of benzene rings is 1. The SMILES string of the molecule is O=C(OC1C(CBr)OC(O)C(O)C1O)c1ccccc1. The number of hydrogen-bond donors (Lipinski definition) is 3. The van der Waals surface area contributed by atoms with E-state index in [4.69, 9.17) is 9.47 Å². The van der Waals surface area contributed by atoms with Crippen LogP contribution in [0.3, 0.4) is 0 Å². The highest BCUT2D eigenvalue weighted by molar-refractivity contribution is 9.09. The van der Waals surface area contributed by atoms with Crippen molar-refractivity contribution in [1.82, 2.24) is 0 Å². The van der Waals surface area contributed by atoms with Gasteiger partial charge in [0.25, 0.3) is 0 Å². The Morgan fingerprint density at radius 3 is 2.45 bits per heavy atom. The van der Waals surface area contributed by atoms with Gasteiger partial charge in [-0.25, -0.2) is 4.79 Å². The number of carbonyl (C=O) groups excluding carboxylic acids is 1. The molecular formula is C13H15BrO6. The minimum atomic E-state index is -1.53. The third-order valence-electron chi connectivity index (χ3n) is 3.06. The van der Waals surface area contributed by atoms with Crippen molar-refractivity contribution in [3.8, 4) is 0 Å². The van der Waals surface area contributed by atoms with Crippen molar-refractivity contribution in [2.75, 3.05) is 5.33 Å². The fraction of sp³-hybridized carbons (Fsp3) is 0.462. The van der Waals surface area contributed by atoms with Gasteiger partial charge in [0.15, 0.2) is 12.4 Å². The van der Waals surface area contributed by atoms with Gasteiger partial charge >= 0.3 is 5.97 Å². The highest BCUT2D eigenvalue weighted by Crippen LogP contribution is 2.24. The molecule has 3 N–H and O–H groups in total. The quantitative estimate of drug-likeness (QED) is 0.528. The molecule has 5 atom stereocenters. The number of alkyl halides is 1. The highest BCUT2D eigenvalue weighted by atomic mass is 79.9. The number of hydrogen-bond acceptors (Lipinski definition) is 6. The van der Waals surface area contributed by atoms with E-state index in [1.165, 1.54) is 0 Å². The average molecular weight is 347 g/mol. The van der Waals surface area contributed by atoms with Crippen molar-refractivity contribution in [1.29, 1.82) is 0 Å². The van der Waals surface area contributed by atoms with E-state index in [0.29, 0.717) is 5.56 Å². The first-order valence-corrected chi connectivity index (χ1v) is 7.18. The molecule has 0 amide bonds. The number of aliphatic hydroxyl groups is 3. The first-order valence-electron chi connectivity index (χ1n) is 6.06. The van der Waals surface area contributed by atoms with Gasteiger partial charge in [-0.3, -0.25) is 0 Å². The summed E-state index contributed by atoms with van der Waals surface area (Å²) in [7, 11) is 0. The zero-order valence-electron chi connectivity index (χ0n) is 10.4. The molecule has 7 heteroatoms. The number of aliphatic hydroxyl groups excluding tert-OH is 3. The third kappa shape index (κ3) is 3.18. The van der Waals surface area contributed by atoms with E-state index in [1.807, 2.05) is 0 Å². The summed E-state index contributed by atoms with van der Waals surface area (Å²) in [6, 6.07) is 8.28. The summed E-state index contributed by atoms with van der Waals surface area (Å²) in [5, 5.41) is 29.2. The zero-order valence-corrected chi connectivity index (χ0v) is 12.0. The molecule has 1 aromatic carbocycles. The fourth-order valence-corrected chi connectivity index (χ4v) is 2.48. The van der Waals surface area contributed by atoms with E-state index in [2.05, 4.69) is 15.9 Å². The summed E-state index contributed by atoms with van der Waals surface area (Å²) < 4.78 is 10.3. The topological polar surface area (TPSA) is 96.2 Å². The van der Waals surface area contributed by atoms with Crippen molar-refractivity contribution < 1.29 is 29.6 Å². The number of esters is 1. The van der Waals surface area contributed by atoms with Crippen molar-refractivity contribution in [3.05, 3.63) is 35.9 Å². The monoisotopic (exact) mass is 346 g/mol.